The van der Waals surface area contributed by atoms with Gasteiger partial charge in [0.15, 0.2) is 0 Å². The van der Waals surface area contributed by atoms with Crippen LogP contribution in [-0.4, -0.2) is 10.6 Å². The highest BCUT2D eigenvalue weighted by atomic mass is 16.1. The number of hydrogen-bond donors (Lipinski definition) is 1. The van der Waals surface area contributed by atoms with E-state index in [9.17, 15) is 4.79 Å². The zero-order chi connectivity index (χ0) is 13.7. The average molecular weight is 262 g/mol. The number of hydrogen-bond acceptors (Lipinski definition) is 2. The Labute approximate surface area is 116 Å². The van der Waals surface area contributed by atoms with Crippen LogP contribution < -0.4 is 10.9 Å². The van der Waals surface area contributed by atoms with Crippen LogP contribution in [0.25, 0.3) is 0 Å². The van der Waals surface area contributed by atoms with Gasteiger partial charge in [0, 0.05) is 25.4 Å². The number of aryl methyl sites for hydroxylation is 1. The number of nitrogens with one attached hydrogen (secondary N) is 1. The van der Waals surface area contributed by atoms with Crippen molar-refractivity contribution in [1.29, 1.82) is 0 Å². The van der Waals surface area contributed by atoms with Crippen molar-refractivity contribution in [3.63, 3.8) is 0 Å². The molecule has 0 amide bonds. The lowest BCUT2D eigenvalue weighted by atomic mass is 9.95. The summed E-state index contributed by atoms with van der Waals surface area (Å²) in [7, 11) is 1.80. The van der Waals surface area contributed by atoms with E-state index < -0.39 is 0 Å². The molecule has 1 aromatic heterocycles. The first-order valence-corrected chi connectivity index (χ1v) is 7.62. The van der Waals surface area contributed by atoms with Crippen LogP contribution in [0.1, 0.15) is 51.9 Å². The van der Waals surface area contributed by atoms with Crippen LogP contribution in [-0.2, 0) is 7.05 Å². The second-order valence-corrected chi connectivity index (χ2v) is 5.87. The van der Waals surface area contributed by atoms with E-state index in [0.717, 1.165) is 11.6 Å². The van der Waals surface area contributed by atoms with Gasteiger partial charge in [-0.15, -0.1) is 0 Å². The Morgan fingerprint density at radius 3 is 2.84 bits per heavy atom. The van der Waals surface area contributed by atoms with Gasteiger partial charge in [0.1, 0.15) is 0 Å². The molecule has 19 heavy (non-hydrogen) atoms. The highest BCUT2D eigenvalue weighted by molar-refractivity contribution is 5.41. The molecule has 1 aromatic rings. The first kappa shape index (κ1) is 14.2. The third kappa shape index (κ3) is 4.12. The zero-order valence-electron chi connectivity index (χ0n) is 12.2. The van der Waals surface area contributed by atoms with Crippen molar-refractivity contribution in [2.24, 2.45) is 13.0 Å². The Bertz CT molecular complexity index is 452. The molecule has 0 radical (unpaired) electrons. The fraction of sp³-hybridized carbons (Fsp3) is 0.688. The Morgan fingerprint density at radius 1 is 1.26 bits per heavy atom. The largest absolute Gasteiger partial charge is 0.381 e. The van der Waals surface area contributed by atoms with Gasteiger partial charge in [-0.05, 0) is 31.2 Å². The van der Waals surface area contributed by atoms with Crippen LogP contribution in [0.5, 0.6) is 0 Å². The van der Waals surface area contributed by atoms with Crippen LogP contribution in [0.15, 0.2) is 23.1 Å². The maximum atomic E-state index is 11.4. The van der Waals surface area contributed by atoms with Crippen molar-refractivity contribution >= 4 is 5.69 Å². The van der Waals surface area contributed by atoms with Crippen LogP contribution in [0.4, 0.5) is 5.69 Å². The fourth-order valence-corrected chi connectivity index (χ4v) is 3.13. The quantitative estimate of drug-likeness (QED) is 0.842. The normalized spacial score (nSPS) is 23.9. The second kappa shape index (κ2) is 6.78. The Balaban J connectivity index is 1.92. The molecule has 1 fully saturated rings. The predicted molar refractivity (Wildman–Crippen MR) is 80.6 cm³/mol. The minimum Gasteiger partial charge on any atom is -0.381 e. The molecule has 0 saturated heterocycles. The summed E-state index contributed by atoms with van der Waals surface area (Å²) >= 11 is 0. The maximum absolute atomic E-state index is 11.4. The molecule has 1 saturated carbocycles. The van der Waals surface area contributed by atoms with Gasteiger partial charge < -0.3 is 9.88 Å². The summed E-state index contributed by atoms with van der Waals surface area (Å²) in [5.74, 6) is 0.928. The molecule has 1 N–H and O–H groups in total. The lowest BCUT2D eigenvalue weighted by Gasteiger charge is -2.18. The van der Waals surface area contributed by atoms with E-state index >= 15 is 0 Å². The molecule has 0 aliphatic heterocycles. The van der Waals surface area contributed by atoms with Crippen molar-refractivity contribution in [1.82, 2.24) is 4.57 Å². The third-order valence-electron chi connectivity index (χ3n) is 4.24. The second-order valence-electron chi connectivity index (χ2n) is 5.87. The van der Waals surface area contributed by atoms with E-state index in [4.69, 9.17) is 0 Å². The van der Waals surface area contributed by atoms with Gasteiger partial charge in [-0.1, -0.05) is 32.6 Å². The number of rotatable bonds is 4. The zero-order valence-corrected chi connectivity index (χ0v) is 12.2. The molecule has 0 bridgehead atoms. The maximum Gasteiger partial charge on any atom is 0.250 e. The summed E-state index contributed by atoms with van der Waals surface area (Å²) in [5, 5.41) is 3.59. The molecule has 2 atom stereocenters. The first-order valence-electron chi connectivity index (χ1n) is 7.62. The minimum atomic E-state index is 0.0504. The van der Waals surface area contributed by atoms with Gasteiger partial charge in [-0.25, -0.2) is 0 Å². The number of pyridine rings is 1. The smallest absolute Gasteiger partial charge is 0.250 e. The van der Waals surface area contributed by atoms with E-state index in [2.05, 4.69) is 12.2 Å². The molecule has 106 valence electrons. The van der Waals surface area contributed by atoms with E-state index in [1.54, 1.807) is 17.7 Å². The molecule has 1 aliphatic rings. The molecule has 3 nitrogen and oxygen atoms in total. The fourth-order valence-electron chi connectivity index (χ4n) is 3.13. The third-order valence-corrected chi connectivity index (χ3v) is 4.24. The summed E-state index contributed by atoms with van der Waals surface area (Å²) in [4.78, 5) is 11.4. The van der Waals surface area contributed by atoms with Crippen LogP contribution in [0, 0.1) is 5.92 Å². The lowest BCUT2D eigenvalue weighted by Crippen LogP contribution is -2.21. The summed E-state index contributed by atoms with van der Waals surface area (Å²) in [5.41, 5.74) is 1.12. The van der Waals surface area contributed by atoms with E-state index in [-0.39, 0.29) is 5.56 Å². The Kier molecular flexibility index (Phi) is 5.06. The molecule has 1 heterocycles. The summed E-state index contributed by atoms with van der Waals surface area (Å²) in [6.45, 7) is 2.28. The average Bonchev–Trinajstić information content (AvgIpc) is 2.60. The molecule has 1 aliphatic carbocycles. The molecular formula is C16H26N2O. The number of aromatic nitrogens is 1. The van der Waals surface area contributed by atoms with Gasteiger partial charge in [0.05, 0.1) is 5.69 Å². The van der Waals surface area contributed by atoms with E-state index in [0.29, 0.717) is 6.04 Å². The predicted octanol–water partition coefficient (Wildman–Crippen LogP) is 3.55. The summed E-state index contributed by atoms with van der Waals surface area (Å²) < 4.78 is 1.64. The van der Waals surface area contributed by atoms with Gasteiger partial charge >= 0.3 is 0 Å². The molecular weight excluding hydrogens is 236 g/mol. The van der Waals surface area contributed by atoms with Crippen LogP contribution >= 0.6 is 0 Å². The SMILES string of the molecule is CCCC1CCCC(Nc2ccc(=O)n(C)c2)CC1. The standard InChI is InChI=1S/C16H26N2O/c1-3-5-13-6-4-7-14(9-8-13)17-15-10-11-16(19)18(2)12-15/h10-14,17H,3-9H2,1-2H3. The molecule has 2 rings (SSSR count). The molecule has 0 aromatic carbocycles. The van der Waals surface area contributed by atoms with E-state index in [1.165, 1.54) is 44.9 Å². The lowest BCUT2D eigenvalue weighted by molar-refractivity contribution is 0.422. The molecule has 3 heteroatoms. The Hall–Kier alpha value is -1.25. The summed E-state index contributed by atoms with van der Waals surface area (Å²) in [6.07, 6.45) is 11.2. The van der Waals surface area contributed by atoms with Crippen molar-refractivity contribution < 1.29 is 0 Å². The van der Waals surface area contributed by atoms with Crippen LogP contribution in [0.3, 0.4) is 0 Å². The molecule has 2 unspecified atom stereocenters. The minimum absolute atomic E-state index is 0.0504. The summed E-state index contributed by atoms with van der Waals surface area (Å²) in [6, 6.07) is 4.11. The van der Waals surface area contributed by atoms with Crippen LogP contribution in [0.2, 0.25) is 0 Å². The Morgan fingerprint density at radius 2 is 2.11 bits per heavy atom. The number of nitrogens with zero attached hydrogens (tertiary/aromatic N) is 1. The van der Waals surface area contributed by atoms with Gasteiger partial charge in [0.2, 0.25) is 5.56 Å². The van der Waals surface area contributed by atoms with Gasteiger partial charge in [-0.2, -0.15) is 0 Å². The highest BCUT2D eigenvalue weighted by Crippen LogP contribution is 2.28. The highest BCUT2D eigenvalue weighted by Gasteiger charge is 2.18. The monoisotopic (exact) mass is 262 g/mol. The van der Waals surface area contributed by atoms with Gasteiger partial charge in [-0.3, -0.25) is 4.79 Å². The topological polar surface area (TPSA) is 34.0 Å². The van der Waals surface area contributed by atoms with Crippen molar-refractivity contribution in [2.45, 2.75) is 57.9 Å². The van der Waals surface area contributed by atoms with E-state index in [1.807, 2.05) is 12.3 Å². The first-order chi connectivity index (χ1) is 9.19. The van der Waals surface area contributed by atoms with Crippen molar-refractivity contribution in [2.75, 3.05) is 5.32 Å². The van der Waals surface area contributed by atoms with Gasteiger partial charge in [0.25, 0.3) is 0 Å². The van der Waals surface area contributed by atoms with Crippen molar-refractivity contribution in [3.8, 4) is 0 Å². The number of anilines is 1. The van der Waals surface area contributed by atoms with Crippen molar-refractivity contribution in [3.05, 3.63) is 28.7 Å². The molecule has 0 spiro atoms.